The largest absolute Gasteiger partial charge is 0.312 e. The van der Waals surface area contributed by atoms with Crippen LogP contribution in [0.25, 0.3) is 0 Å². The van der Waals surface area contributed by atoms with Crippen LogP contribution in [0.5, 0.6) is 0 Å². The Labute approximate surface area is 192 Å². The molecule has 2 nitrogen and oxygen atoms in total. The highest BCUT2D eigenvalue weighted by molar-refractivity contribution is 8.76. The minimum atomic E-state index is 0.976. The van der Waals surface area contributed by atoms with E-state index in [2.05, 4.69) is 74.7 Å². The predicted octanol–water partition coefficient (Wildman–Crippen LogP) is 6.20. The molecule has 2 N–H and O–H groups in total. The van der Waals surface area contributed by atoms with Gasteiger partial charge in [-0.25, -0.2) is 0 Å². The second-order valence-electron chi connectivity index (χ2n) is 7.73. The lowest BCUT2D eigenvalue weighted by atomic mass is 10.0. The summed E-state index contributed by atoms with van der Waals surface area (Å²) >= 11 is 0. The molecule has 0 saturated heterocycles. The predicted molar refractivity (Wildman–Crippen MR) is 139 cm³/mol. The third-order valence-electron chi connectivity index (χ3n) is 5.32. The lowest BCUT2D eigenvalue weighted by Crippen LogP contribution is -2.17. The molecule has 0 bridgehead atoms. The first kappa shape index (κ1) is 25.3. The Morgan fingerprint density at radius 3 is 1.10 bits per heavy atom. The molecule has 0 aliphatic heterocycles. The zero-order chi connectivity index (χ0) is 21.6. The fourth-order valence-electron chi connectivity index (χ4n) is 3.51. The van der Waals surface area contributed by atoms with E-state index >= 15 is 0 Å². The van der Waals surface area contributed by atoms with Crippen molar-refractivity contribution in [2.24, 2.45) is 0 Å². The number of aryl methyl sites for hydroxylation is 4. The highest BCUT2D eigenvalue weighted by Crippen LogP contribution is 2.19. The number of nitrogens with one attached hydrogen (secondary N) is 2. The molecular formula is C26H40N2S2. The van der Waals surface area contributed by atoms with Crippen molar-refractivity contribution < 1.29 is 0 Å². The average molecular weight is 445 g/mol. The van der Waals surface area contributed by atoms with Crippen molar-refractivity contribution in [3.8, 4) is 0 Å². The Morgan fingerprint density at radius 2 is 0.800 bits per heavy atom. The molecule has 0 aromatic heterocycles. The molecule has 0 aliphatic carbocycles. The van der Waals surface area contributed by atoms with Crippen molar-refractivity contribution in [1.29, 1.82) is 0 Å². The van der Waals surface area contributed by atoms with Crippen molar-refractivity contribution in [3.63, 3.8) is 0 Å². The van der Waals surface area contributed by atoms with Crippen LogP contribution in [0, 0.1) is 0 Å². The Morgan fingerprint density at radius 1 is 0.500 bits per heavy atom. The van der Waals surface area contributed by atoms with Gasteiger partial charge < -0.3 is 10.6 Å². The van der Waals surface area contributed by atoms with Crippen LogP contribution in [0.1, 0.15) is 61.1 Å². The molecule has 0 amide bonds. The van der Waals surface area contributed by atoms with Gasteiger partial charge in [0.2, 0.25) is 0 Å². The SMILES string of the molecule is CCc1cc(CC)cc(CNCCSSCCNCc2cc(CC)cc(CC)c2)c1. The lowest BCUT2D eigenvalue weighted by molar-refractivity contribution is 0.729. The summed E-state index contributed by atoms with van der Waals surface area (Å²) in [5.41, 5.74) is 8.66. The van der Waals surface area contributed by atoms with Gasteiger partial charge in [-0.05, 0) is 59.1 Å². The zero-order valence-corrected chi connectivity index (χ0v) is 21.0. The third-order valence-corrected chi connectivity index (χ3v) is 7.73. The fourth-order valence-corrected chi connectivity index (χ4v) is 5.41. The molecule has 4 heteroatoms. The van der Waals surface area contributed by atoms with E-state index in [1.807, 2.05) is 21.6 Å². The van der Waals surface area contributed by atoms with Gasteiger partial charge in [0, 0.05) is 37.7 Å². The van der Waals surface area contributed by atoms with Crippen LogP contribution in [0.15, 0.2) is 36.4 Å². The third kappa shape index (κ3) is 9.47. The summed E-state index contributed by atoms with van der Waals surface area (Å²) in [5.74, 6) is 2.30. The molecule has 2 aromatic rings. The standard InChI is InChI=1S/C26H40N2S2/c1-5-21-13-22(6-2)16-25(15-21)19-27-9-11-29-30-12-10-28-20-26-17-23(7-3)14-24(8-4)18-26/h13-18,27-28H,5-12,19-20H2,1-4H3. The maximum absolute atomic E-state index is 3.60. The zero-order valence-electron chi connectivity index (χ0n) is 19.4. The number of rotatable bonds is 15. The topological polar surface area (TPSA) is 24.1 Å². The summed E-state index contributed by atoms with van der Waals surface area (Å²) in [6.45, 7) is 13.0. The molecule has 0 fully saturated rings. The van der Waals surface area contributed by atoms with Crippen LogP contribution < -0.4 is 10.6 Å². The Bertz CT molecular complexity index is 638. The van der Waals surface area contributed by atoms with E-state index in [9.17, 15) is 0 Å². The summed E-state index contributed by atoms with van der Waals surface area (Å²) in [7, 11) is 3.95. The molecule has 0 saturated carbocycles. The van der Waals surface area contributed by atoms with Gasteiger partial charge in [-0.15, -0.1) is 0 Å². The number of hydrogen-bond acceptors (Lipinski definition) is 4. The summed E-state index contributed by atoms with van der Waals surface area (Å²) in [6.07, 6.45) is 4.46. The van der Waals surface area contributed by atoms with Gasteiger partial charge in [0.05, 0.1) is 0 Å². The van der Waals surface area contributed by atoms with Crippen LogP contribution in [0.3, 0.4) is 0 Å². The molecule has 0 unspecified atom stereocenters. The fraction of sp³-hybridized carbons (Fsp3) is 0.538. The lowest BCUT2D eigenvalue weighted by Gasteiger charge is -2.10. The first-order valence-electron chi connectivity index (χ1n) is 11.6. The first-order valence-corrected chi connectivity index (χ1v) is 14.1. The van der Waals surface area contributed by atoms with Crippen LogP contribution >= 0.6 is 21.6 Å². The molecule has 0 atom stereocenters. The minimum Gasteiger partial charge on any atom is -0.312 e. The van der Waals surface area contributed by atoms with E-state index in [-0.39, 0.29) is 0 Å². The molecule has 30 heavy (non-hydrogen) atoms. The van der Waals surface area contributed by atoms with Crippen molar-refractivity contribution in [1.82, 2.24) is 10.6 Å². The van der Waals surface area contributed by atoms with E-state index in [1.165, 1.54) is 33.4 Å². The second kappa shape index (κ2) is 15.0. The van der Waals surface area contributed by atoms with Crippen molar-refractivity contribution in [2.45, 2.75) is 66.5 Å². The van der Waals surface area contributed by atoms with E-state index in [0.29, 0.717) is 0 Å². The highest BCUT2D eigenvalue weighted by Gasteiger charge is 2.01. The van der Waals surface area contributed by atoms with Gasteiger partial charge >= 0.3 is 0 Å². The molecule has 0 radical (unpaired) electrons. The average Bonchev–Trinajstić information content (AvgIpc) is 2.79. The van der Waals surface area contributed by atoms with E-state index in [0.717, 1.165) is 63.4 Å². The molecule has 0 heterocycles. The highest BCUT2D eigenvalue weighted by atomic mass is 33.1. The van der Waals surface area contributed by atoms with Gasteiger partial charge in [0.15, 0.2) is 0 Å². The maximum Gasteiger partial charge on any atom is 0.0206 e. The summed E-state index contributed by atoms with van der Waals surface area (Å²) < 4.78 is 0. The van der Waals surface area contributed by atoms with Crippen molar-refractivity contribution in [3.05, 3.63) is 69.8 Å². The minimum absolute atomic E-state index is 0.976. The van der Waals surface area contributed by atoms with Gasteiger partial charge in [-0.1, -0.05) is 85.7 Å². The van der Waals surface area contributed by atoms with E-state index in [1.54, 1.807) is 0 Å². The molecule has 0 aliphatic rings. The normalized spacial score (nSPS) is 11.2. The monoisotopic (exact) mass is 444 g/mol. The van der Waals surface area contributed by atoms with Gasteiger partial charge in [0.25, 0.3) is 0 Å². The van der Waals surface area contributed by atoms with Crippen LogP contribution in [-0.2, 0) is 38.8 Å². The summed E-state index contributed by atoms with van der Waals surface area (Å²) in [4.78, 5) is 0. The number of hydrogen-bond donors (Lipinski definition) is 2. The second-order valence-corrected chi connectivity index (χ2v) is 10.4. The van der Waals surface area contributed by atoms with Crippen molar-refractivity contribution in [2.75, 3.05) is 24.6 Å². The van der Waals surface area contributed by atoms with Crippen LogP contribution in [-0.4, -0.2) is 24.6 Å². The molecular weight excluding hydrogens is 404 g/mol. The quantitative estimate of drug-likeness (QED) is 0.252. The Hall–Kier alpha value is -0.940. The molecule has 166 valence electrons. The first-order chi connectivity index (χ1) is 14.7. The summed E-state index contributed by atoms with van der Waals surface area (Å²) in [5, 5.41) is 7.20. The van der Waals surface area contributed by atoms with Crippen LogP contribution in [0.4, 0.5) is 0 Å². The van der Waals surface area contributed by atoms with Crippen LogP contribution in [0.2, 0.25) is 0 Å². The van der Waals surface area contributed by atoms with Gasteiger partial charge in [-0.2, -0.15) is 0 Å². The molecule has 2 rings (SSSR count). The van der Waals surface area contributed by atoms with Crippen molar-refractivity contribution >= 4 is 21.6 Å². The smallest absolute Gasteiger partial charge is 0.0206 e. The van der Waals surface area contributed by atoms with Gasteiger partial charge in [0.1, 0.15) is 0 Å². The maximum atomic E-state index is 3.60. The number of benzene rings is 2. The van der Waals surface area contributed by atoms with E-state index in [4.69, 9.17) is 0 Å². The Balaban J connectivity index is 1.54. The Kier molecular flexibility index (Phi) is 12.6. The summed E-state index contributed by atoms with van der Waals surface area (Å²) in [6, 6.07) is 14.1. The van der Waals surface area contributed by atoms with Gasteiger partial charge in [-0.3, -0.25) is 0 Å². The molecule has 0 spiro atoms. The molecule has 2 aromatic carbocycles. The van der Waals surface area contributed by atoms with E-state index < -0.39 is 0 Å².